The van der Waals surface area contributed by atoms with E-state index in [0.717, 1.165) is 48.8 Å². The highest BCUT2D eigenvalue weighted by Gasteiger charge is 2.22. The van der Waals surface area contributed by atoms with Crippen molar-refractivity contribution in [3.63, 3.8) is 0 Å². The zero-order chi connectivity index (χ0) is 22.2. The normalized spacial score (nSPS) is 14.6. The summed E-state index contributed by atoms with van der Waals surface area (Å²) in [4.78, 5) is 23.3. The summed E-state index contributed by atoms with van der Waals surface area (Å²) in [5, 5.41) is 7.60. The number of hydrogen-bond donors (Lipinski definition) is 2. The number of rotatable bonds is 6. The van der Waals surface area contributed by atoms with E-state index in [9.17, 15) is 4.79 Å². The number of fused-ring (bicyclic) bond motifs is 1. The molecule has 0 saturated carbocycles. The Morgan fingerprint density at radius 2 is 1.76 bits per heavy atom. The van der Waals surface area contributed by atoms with Crippen LogP contribution in [0.3, 0.4) is 0 Å². The van der Waals surface area contributed by atoms with E-state index in [1.54, 1.807) is 7.05 Å². The maximum Gasteiger partial charge on any atom is 0.241 e. The second-order valence-corrected chi connectivity index (χ2v) is 8.28. The Labute approximate surface area is 212 Å². The van der Waals surface area contributed by atoms with Crippen molar-refractivity contribution in [2.24, 2.45) is 10.9 Å². The van der Waals surface area contributed by atoms with E-state index in [4.69, 9.17) is 0 Å². The number of carbonyl (C=O) groups excluding carboxylic acids is 1. The standard InChI is InChI=1S/C26H31N5O.HI/c1-27-26(29-18-22-11-14-28-24-10-6-5-9-23(22)24)30-19-25(32)31-15-12-21(13-16-31)17-20-7-3-2-4-8-20;/h2-11,14,21H,12-13,15-19H2,1H3,(H2,27,29,30);1H. The third kappa shape index (κ3) is 6.90. The molecule has 0 atom stereocenters. The molecular weight excluding hydrogens is 525 g/mol. The molecule has 2 aromatic carbocycles. The number of likely N-dealkylation sites (tertiary alicyclic amines) is 1. The number of halogens is 1. The van der Waals surface area contributed by atoms with Crippen molar-refractivity contribution in [1.29, 1.82) is 0 Å². The van der Waals surface area contributed by atoms with Crippen LogP contribution in [-0.2, 0) is 17.8 Å². The van der Waals surface area contributed by atoms with E-state index >= 15 is 0 Å². The van der Waals surface area contributed by atoms with E-state index in [0.29, 0.717) is 18.4 Å². The smallest absolute Gasteiger partial charge is 0.241 e. The van der Waals surface area contributed by atoms with Crippen molar-refractivity contribution in [2.45, 2.75) is 25.8 Å². The number of benzene rings is 2. The van der Waals surface area contributed by atoms with Gasteiger partial charge >= 0.3 is 0 Å². The highest BCUT2D eigenvalue weighted by molar-refractivity contribution is 14.0. The third-order valence-corrected chi connectivity index (χ3v) is 6.15. The maximum absolute atomic E-state index is 12.7. The number of nitrogens with zero attached hydrogens (tertiary/aromatic N) is 3. The number of guanidine groups is 1. The van der Waals surface area contributed by atoms with Gasteiger partial charge in [0.15, 0.2) is 5.96 Å². The summed E-state index contributed by atoms with van der Waals surface area (Å²) in [6, 6.07) is 20.7. The van der Waals surface area contributed by atoms with Gasteiger partial charge in [0, 0.05) is 38.3 Å². The Bertz CT molecular complexity index is 1060. The zero-order valence-electron chi connectivity index (χ0n) is 19.0. The SMILES string of the molecule is CN=C(NCC(=O)N1CCC(Cc2ccccc2)CC1)NCc1ccnc2ccccc12.I. The number of nitrogens with one attached hydrogen (secondary N) is 2. The number of carbonyl (C=O) groups is 1. The van der Waals surface area contributed by atoms with Crippen LogP contribution in [0.15, 0.2) is 71.9 Å². The zero-order valence-corrected chi connectivity index (χ0v) is 21.4. The van der Waals surface area contributed by atoms with E-state index in [-0.39, 0.29) is 36.4 Å². The molecule has 4 rings (SSSR count). The summed E-state index contributed by atoms with van der Waals surface area (Å²) >= 11 is 0. The van der Waals surface area contributed by atoms with Gasteiger partial charge < -0.3 is 15.5 Å². The summed E-state index contributed by atoms with van der Waals surface area (Å²) in [6.07, 6.45) is 5.04. The fourth-order valence-corrected chi connectivity index (χ4v) is 4.31. The molecular formula is C26H32IN5O. The van der Waals surface area contributed by atoms with Crippen LogP contribution in [0.5, 0.6) is 0 Å². The summed E-state index contributed by atoms with van der Waals surface area (Å²) in [5.74, 6) is 1.40. The summed E-state index contributed by atoms with van der Waals surface area (Å²) in [5.41, 5.74) is 3.50. The fraction of sp³-hybridized carbons (Fsp3) is 0.346. The lowest BCUT2D eigenvalue weighted by Crippen LogP contribution is -2.46. The maximum atomic E-state index is 12.7. The van der Waals surface area contributed by atoms with Gasteiger partial charge in [0.05, 0.1) is 12.1 Å². The van der Waals surface area contributed by atoms with Gasteiger partial charge in [-0.15, -0.1) is 24.0 Å². The minimum Gasteiger partial charge on any atom is -0.352 e. The number of amides is 1. The van der Waals surface area contributed by atoms with Gasteiger partial charge in [-0.05, 0) is 48.4 Å². The molecule has 1 aromatic heterocycles. The van der Waals surface area contributed by atoms with Gasteiger partial charge in [0.1, 0.15) is 0 Å². The number of piperidine rings is 1. The summed E-state index contributed by atoms with van der Waals surface area (Å²) in [6.45, 7) is 2.52. The number of para-hydroxylation sites is 1. The molecule has 3 aromatic rings. The molecule has 0 bridgehead atoms. The average Bonchev–Trinajstić information content (AvgIpc) is 2.85. The van der Waals surface area contributed by atoms with Crippen molar-refractivity contribution < 1.29 is 4.79 Å². The number of pyridine rings is 1. The first-order valence-corrected chi connectivity index (χ1v) is 11.3. The molecule has 2 heterocycles. The van der Waals surface area contributed by atoms with Crippen molar-refractivity contribution in [3.05, 3.63) is 78.0 Å². The molecule has 33 heavy (non-hydrogen) atoms. The number of aromatic nitrogens is 1. The van der Waals surface area contributed by atoms with Crippen molar-refractivity contribution >= 4 is 46.7 Å². The molecule has 1 fully saturated rings. The fourth-order valence-electron chi connectivity index (χ4n) is 4.31. The monoisotopic (exact) mass is 557 g/mol. The Hall–Kier alpha value is -2.68. The van der Waals surface area contributed by atoms with Crippen molar-refractivity contribution in [1.82, 2.24) is 20.5 Å². The van der Waals surface area contributed by atoms with E-state index in [2.05, 4.69) is 57.0 Å². The molecule has 1 aliphatic rings. The minimum absolute atomic E-state index is 0. The topological polar surface area (TPSA) is 69.6 Å². The highest BCUT2D eigenvalue weighted by atomic mass is 127. The van der Waals surface area contributed by atoms with Crippen LogP contribution in [0.2, 0.25) is 0 Å². The Morgan fingerprint density at radius 1 is 1.03 bits per heavy atom. The minimum atomic E-state index is 0. The van der Waals surface area contributed by atoms with E-state index < -0.39 is 0 Å². The summed E-state index contributed by atoms with van der Waals surface area (Å²) < 4.78 is 0. The van der Waals surface area contributed by atoms with Crippen LogP contribution < -0.4 is 10.6 Å². The lowest BCUT2D eigenvalue weighted by Gasteiger charge is -2.32. The molecule has 174 valence electrons. The quantitative estimate of drug-likeness (QED) is 0.273. The van der Waals surface area contributed by atoms with E-state index in [1.807, 2.05) is 35.4 Å². The number of hydrogen-bond acceptors (Lipinski definition) is 3. The Morgan fingerprint density at radius 3 is 2.52 bits per heavy atom. The van der Waals surface area contributed by atoms with Crippen molar-refractivity contribution in [2.75, 3.05) is 26.7 Å². The van der Waals surface area contributed by atoms with Gasteiger partial charge in [-0.3, -0.25) is 14.8 Å². The first kappa shape index (κ1) is 25.0. The lowest BCUT2D eigenvalue weighted by atomic mass is 9.90. The lowest BCUT2D eigenvalue weighted by molar-refractivity contribution is -0.131. The molecule has 0 spiro atoms. The molecule has 0 radical (unpaired) electrons. The highest BCUT2D eigenvalue weighted by Crippen LogP contribution is 2.21. The first-order chi connectivity index (χ1) is 15.7. The van der Waals surface area contributed by atoms with Crippen LogP contribution >= 0.6 is 24.0 Å². The molecule has 6 nitrogen and oxygen atoms in total. The van der Waals surface area contributed by atoms with Crippen LogP contribution in [0.25, 0.3) is 10.9 Å². The Balaban J connectivity index is 0.00000306. The molecule has 7 heteroatoms. The summed E-state index contributed by atoms with van der Waals surface area (Å²) in [7, 11) is 1.72. The van der Waals surface area contributed by atoms with Crippen molar-refractivity contribution in [3.8, 4) is 0 Å². The molecule has 1 amide bonds. The molecule has 2 N–H and O–H groups in total. The van der Waals surface area contributed by atoms with E-state index in [1.165, 1.54) is 5.56 Å². The van der Waals surface area contributed by atoms with Crippen LogP contribution in [0.4, 0.5) is 0 Å². The third-order valence-electron chi connectivity index (χ3n) is 6.15. The predicted molar refractivity (Wildman–Crippen MR) is 145 cm³/mol. The average molecular weight is 557 g/mol. The van der Waals surface area contributed by atoms with Crippen LogP contribution in [0, 0.1) is 5.92 Å². The second kappa shape index (κ2) is 12.5. The second-order valence-electron chi connectivity index (χ2n) is 8.28. The van der Waals surface area contributed by atoms with Crippen LogP contribution in [0.1, 0.15) is 24.0 Å². The molecule has 0 unspecified atom stereocenters. The molecule has 1 saturated heterocycles. The van der Waals surface area contributed by atoms with Gasteiger partial charge in [-0.2, -0.15) is 0 Å². The molecule has 0 aliphatic carbocycles. The predicted octanol–water partition coefficient (Wildman–Crippen LogP) is 4.00. The largest absolute Gasteiger partial charge is 0.352 e. The van der Waals surface area contributed by atoms with Gasteiger partial charge in [-0.1, -0.05) is 48.5 Å². The van der Waals surface area contributed by atoms with Gasteiger partial charge in [0.2, 0.25) is 5.91 Å². The first-order valence-electron chi connectivity index (χ1n) is 11.3. The van der Waals surface area contributed by atoms with Gasteiger partial charge in [-0.25, -0.2) is 0 Å². The Kier molecular flexibility index (Phi) is 9.47. The molecule has 1 aliphatic heterocycles. The van der Waals surface area contributed by atoms with Crippen LogP contribution in [-0.4, -0.2) is 48.4 Å². The number of aliphatic imine (C=N–C) groups is 1. The van der Waals surface area contributed by atoms with Gasteiger partial charge in [0.25, 0.3) is 0 Å².